The van der Waals surface area contributed by atoms with Gasteiger partial charge < -0.3 is 10.3 Å². The predicted octanol–water partition coefficient (Wildman–Crippen LogP) is 2.53. The van der Waals surface area contributed by atoms with Gasteiger partial charge in [-0.3, -0.25) is 10.1 Å². The highest BCUT2D eigenvalue weighted by atomic mass is 35.5. The summed E-state index contributed by atoms with van der Waals surface area (Å²) in [6.07, 6.45) is 1.51. The molecule has 0 saturated carbocycles. The van der Waals surface area contributed by atoms with E-state index in [1.165, 1.54) is 18.5 Å². The first-order valence-electron chi connectivity index (χ1n) is 5.97. The predicted molar refractivity (Wildman–Crippen MR) is 77.1 cm³/mol. The largest absolute Gasteiger partial charge is 0.364 e. The summed E-state index contributed by atoms with van der Waals surface area (Å²) in [6.45, 7) is 0.444. The zero-order chi connectivity index (χ0) is 14.8. The van der Waals surface area contributed by atoms with Gasteiger partial charge in [-0.15, -0.1) is 0 Å². The number of nitro groups is 1. The number of non-ortho nitro benzene ring substituents is 1. The molecule has 3 rings (SSSR count). The van der Waals surface area contributed by atoms with Gasteiger partial charge in [0.1, 0.15) is 5.52 Å². The molecule has 8 nitrogen and oxygen atoms in total. The van der Waals surface area contributed by atoms with Crippen molar-refractivity contribution in [1.29, 1.82) is 0 Å². The normalized spacial score (nSPS) is 10.7. The van der Waals surface area contributed by atoms with Crippen molar-refractivity contribution in [3.05, 3.63) is 51.6 Å². The van der Waals surface area contributed by atoms with Crippen LogP contribution in [0.5, 0.6) is 0 Å². The van der Waals surface area contributed by atoms with Crippen LogP contribution in [0.15, 0.2) is 30.6 Å². The number of hydrogen-bond donors (Lipinski definition) is 2. The molecule has 21 heavy (non-hydrogen) atoms. The van der Waals surface area contributed by atoms with Crippen molar-refractivity contribution in [2.24, 2.45) is 0 Å². The lowest BCUT2D eigenvalue weighted by Crippen LogP contribution is -2.03. The molecule has 0 bridgehead atoms. The molecular formula is C12H9ClN6O2. The van der Waals surface area contributed by atoms with Crippen LogP contribution in [0.25, 0.3) is 11.2 Å². The molecule has 0 spiro atoms. The molecule has 0 amide bonds. The van der Waals surface area contributed by atoms with Crippen molar-refractivity contribution >= 4 is 34.3 Å². The number of fused-ring (bicyclic) bond motifs is 1. The molecule has 0 fully saturated rings. The number of hydrogen-bond acceptors (Lipinski definition) is 6. The minimum atomic E-state index is -0.435. The van der Waals surface area contributed by atoms with Crippen LogP contribution >= 0.6 is 11.6 Å². The maximum absolute atomic E-state index is 10.6. The van der Waals surface area contributed by atoms with Crippen LogP contribution in [-0.4, -0.2) is 24.9 Å². The van der Waals surface area contributed by atoms with Gasteiger partial charge >= 0.3 is 0 Å². The van der Waals surface area contributed by atoms with E-state index in [9.17, 15) is 10.1 Å². The summed E-state index contributed by atoms with van der Waals surface area (Å²) >= 11 is 5.83. The Morgan fingerprint density at radius 2 is 2.05 bits per heavy atom. The molecule has 0 unspecified atom stereocenters. The average Bonchev–Trinajstić information content (AvgIpc) is 2.93. The number of nitrogens with one attached hydrogen (secondary N) is 2. The molecule has 0 atom stereocenters. The number of aromatic nitrogens is 4. The molecule has 2 aromatic heterocycles. The third kappa shape index (κ3) is 2.75. The maximum Gasteiger partial charge on any atom is 0.269 e. The fourth-order valence-electron chi connectivity index (χ4n) is 1.86. The van der Waals surface area contributed by atoms with Gasteiger partial charge in [0.25, 0.3) is 5.69 Å². The van der Waals surface area contributed by atoms with Gasteiger partial charge in [-0.25, -0.2) is 4.98 Å². The van der Waals surface area contributed by atoms with E-state index >= 15 is 0 Å². The maximum atomic E-state index is 10.6. The molecule has 0 saturated heterocycles. The SMILES string of the molecule is O=[N+]([O-])c1ccc(CNc2nc(Cl)nc3nc[nH]c23)cc1. The first-order chi connectivity index (χ1) is 10.1. The van der Waals surface area contributed by atoms with Gasteiger partial charge in [0.2, 0.25) is 5.28 Å². The second-order valence-corrected chi connectivity index (χ2v) is 4.56. The number of rotatable bonds is 4. The van der Waals surface area contributed by atoms with Crippen LogP contribution in [0.3, 0.4) is 0 Å². The second-order valence-electron chi connectivity index (χ2n) is 4.22. The Morgan fingerprint density at radius 3 is 2.76 bits per heavy atom. The van der Waals surface area contributed by atoms with Crippen LogP contribution in [0.4, 0.5) is 11.5 Å². The van der Waals surface area contributed by atoms with Crippen molar-refractivity contribution in [2.75, 3.05) is 5.32 Å². The van der Waals surface area contributed by atoms with E-state index < -0.39 is 4.92 Å². The van der Waals surface area contributed by atoms with E-state index in [-0.39, 0.29) is 11.0 Å². The summed E-state index contributed by atoms with van der Waals surface area (Å²) in [5.74, 6) is 0.529. The summed E-state index contributed by atoms with van der Waals surface area (Å²) in [5.41, 5.74) is 2.06. The monoisotopic (exact) mass is 304 g/mol. The molecule has 0 aliphatic heterocycles. The van der Waals surface area contributed by atoms with Crippen molar-refractivity contribution < 1.29 is 4.92 Å². The average molecular weight is 305 g/mol. The van der Waals surface area contributed by atoms with Crippen molar-refractivity contribution in [3.63, 3.8) is 0 Å². The van der Waals surface area contributed by atoms with E-state index in [1.807, 2.05) is 0 Å². The molecule has 106 valence electrons. The number of anilines is 1. The van der Waals surface area contributed by atoms with Gasteiger partial charge in [0, 0.05) is 18.7 Å². The molecule has 0 aliphatic carbocycles. The van der Waals surface area contributed by atoms with Crippen molar-refractivity contribution in [1.82, 2.24) is 19.9 Å². The molecule has 0 aliphatic rings. The molecular weight excluding hydrogens is 296 g/mol. The van der Waals surface area contributed by atoms with Gasteiger partial charge in [-0.05, 0) is 17.2 Å². The number of benzene rings is 1. The molecule has 1 aromatic carbocycles. The number of H-pyrrole nitrogens is 1. The van der Waals surface area contributed by atoms with Crippen LogP contribution in [0.1, 0.15) is 5.56 Å². The quantitative estimate of drug-likeness (QED) is 0.435. The first-order valence-corrected chi connectivity index (χ1v) is 6.35. The minimum Gasteiger partial charge on any atom is -0.364 e. The highest BCUT2D eigenvalue weighted by molar-refractivity contribution is 6.28. The lowest BCUT2D eigenvalue weighted by molar-refractivity contribution is -0.384. The molecule has 0 radical (unpaired) electrons. The Morgan fingerprint density at radius 1 is 1.29 bits per heavy atom. The summed E-state index contributed by atoms with van der Waals surface area (Å²) in [4.78, 5) is 25.2. The number of halogens is 1. The van der Waals surface area contributed by atoms with E-state index in [0.29, 0.717) is 23.5 Å². The summed E-state index contributed by atoms with van der Waals surface area (Å²) in [6, 6.07) is 6.27. The third-order valence-electron chi connectivity index (χ3n) is 2.87. The Bertz CT molecular complexity index is 801. The fourth-order valence-corrected chi connectivity index (χ4v) is 2.02. The highest BCUT2D eigenvalue weighted by Crippen LogP contribution is 2.19. The van der Waals surface area contributed by atoms with Gasteiger partial charge in [-0.2, -0.15) is 9.97 Å². The van der Waals surface area contributed by atoms with Crippen LogP contribution < -0.4 is 5.32 Å². The van der Waals surface area contributed by atoms with Crippen molar-refractivity contribution in [2.45, 2.75) is 6.54 Å². The summed E-state index contributed by atoms with van der Waals surface area (Å²) in [5, 5.41) is 13.8. The van der Waals surface area contributed by atoms with E-state index in [1.54, 1.807) is 12.1 Å². The van der Waals surface area contributed by atoms with Gasteiger partial charge in [-0.1, -0.05) is 12.1 Å². The fraction of sp³-hybridized carbons (Fsp3) is 0.0833. The van der Waals surface area contributed by atoms with Crippen LogP contribution in [0.2, 0.25) is 5.28 Å². The smallest absolute Gasteiger partial charge is 0.269 e. The van der Waals surface area contributed by atoms with E-state index in [4.69, 9.17) is 11.6 Å². The summed E-state index contributed by atoms with van der Waals surface area (Å²) < 4.78 is 0. The summed E-state index contributed by atoms with van der Waals surface area (Å²) in [7, 11) is 0. The Kier molecular flexibility index (Phi) is 3.36. The zero-order valence-corrected chi connectivity index (χ0v) is 11.3. The van der Waals surface area contributed by atoms with E-state index in [2.05, 4.69) is 25.3 Å². The first kappa shape index (κ1) is 13.3. The minimum absolute atomic E-state index is 0.0554. The lowest BCUT2D eigenvalue weighted by Gasteiger charge is -2.06. The van der Waals surface area contributed by atoms with Gasteiger partial charge in [0.15, 0.2) is 11.5 Å². The number of imidazole rings is 1. The van der Waals surface area contributed by atoms with Crippen LogP contribution in [0, 0.1) is 10.1 Å². The molecule has 3 aromatic rings. The standard InChI is InChI=1S/C12H9ClN6O2/c13-12-17-10(9-11(18-12)16-6-15-9)14-5-7-1-3-8(4-2-7)19(20)21/h1-4,6H,5H2,(H2,14,15,16,17,18). The number of nitro benzene ring substituents is 1. The number of nitrogens with zero attached hydrogens (tertiary/aromatic N) is 4. The molecule has 2 heterocycles. The van der Waals surface area contributed by atoms with Gasteiger partial charge in [0.05, 0.1) is 11.3 Å². The van der Waals surface area contributed by atoms with E-state index in [0.717, 1.165) is 5.56 Å². The third-order valence-corrected chi connectivity index (χ3v) is 3.03. The molecule has 9 heteroatoms. The second kappa shape index (κ2) is 5.33. The lowest BCUT2D eigenvalue weighted by atomic mass is 10.2. The Balaban J connectivity index is 1.80. The van der Waals surface area contributed by atoms with Crippen molar-refractivity contribution in [3.8, 4) is 0 Å². The zero-order valence-electron chi connectivity index (χ0n) is 10.6. The Labute approximate surface area is 123 Å². The highest BCUT2D eigenvalue weighted by Gasteiger charge is 2.09. The topological polar surface area (TPSA) is 110 Å². The van der Waals surface area contributed by atoms with Crippen LogP contribution in [-0.2, 0) is 6.54 Å². The number of aromatic amines is 1. The Hall–Kier alpha value is -2.74. The molecule has 2 N–H and O–H groups in total.